The predicted molar refractivity (Wildman–Crippen MR) is 115 cm³/mol. The van der Waals surface area contributed by atoms with E-state index in [1.807, 2.05) is 44.2 Å². The van der Waals surface area contributed by atoms with E-state index in [0.29, 0.717) is 22.2 Å². The molecule has 2 aromatic carbocycles. The molecular formula is C23H21FN2O2S. The maximum absolute atomic E-state index is 14.3. The number of hydrogen-bond donors (Lipinski definition) is 0. The van der Waals surface area contributed by atoms with E-state index in [1.165, 1.54) is 26.5 Å². The van der Waals surface area contributed by atoms with Crippen LogP contribution in [0.2, 0.25) is 0 Å². The topological polar surface area (TPSA) is 44.0 Å². The number of benzene rings is 2. The molecular weight excluding hydrogens is 387 g/mol. The first-order chi connectivity index (χ1) is 14.0. The van der Waals surface area contributed by atoms with Gasteiger partial charge < -0.3 is 0 Å². The first-order valence-corrected chi connectivity index (χ1v) is 10.3. The van der Waals surface area contributed by atoms with Crippen LogP contribution in [0.15, 0.2) is 64.2 Å². The molecule has 0 saturated heterocycles. The van der Waals surface area contributed by atoms with Crippen molar-refractivity contribution in [1.82, 2.24) is 9.13 Å². The van der Waals surface area contributed by atoms with E-state index < -0.39 is 5.69 Å². The fourth-order valence-electron chi connectivity index (χ4n) is 3.52. The molecule has 0 spiro atoms. The van der Waals surface area contributed by atoms with E-state index >= 15 is 0 Å². The van der Waals surface area contributed by atoms with E-state index in [2.05, 4.69) is 0 Å². The number of rotatable bonds is 5. The van der Waals surface area contributed by atoms with Crippen LogP contribution in [-0.4, -0.2) is 9.13 Å². The molecule has 6 heteroatoms. The molecule has 4 aromatic rings. The summed E-state index contributed by atoms with van der Waals surface area (Å²) in [6, 6.07) is 16.2. The summed E-state index contributed by atoms with van der Waals surface area (Å²) >= 11 is 1.41. The van der Waals surface area contributed by atoms with Crippen LogP contribution in [0.4, 0.5) is 4.39 Å². The summed E-state index contributed by atoms with van der Waals surface area (Å²) in [7, 11) is 0. The highest BCUT2D eigenvalue weighted by Crippen LogP contribution is 2.27. The monoisotopic (exact) mass is 408 g/mol. The van der Waals surface area contributed by atoms with Gasteiger partial charge in [-0.2, -0.15) is 0 Å². The molecule has 0 aliphatic carbocycles. The predicted octanol–water partition coefficient (Wildman–Crippen LogP) is 4.27. The number of fused-ring (bicyclic) bond motifs is 1. The van der Waals surface area contributed by atoms with E-state index in [9.17, 15) is 14.0 Å². The van der Waals surface area contributed by atoms with E-state index in [1.54, 1.807) is 18.2 Å². The van der Waals surface area contributed by atoms with Crippen molar-refractivity contribution in [1.29, 1.82) is 0 Å². The lowest BCUT2D eigenvalue weighted by atomic mass is 10.1. The van der Waals surface area contributed by atoms with Crippen LogP contribution in [-0.2, 0) is 19.5 Å². The summed E-state index contributed by atoms with van der Waals surface area (Å²) in [6.07, 6.45) is 0.573. The molecule has 0 aliphatic heterocycles. The number of thiophene rings is 1. The molecule has 0 saturated carbocycles. The summed E-state index contributed by atoms with van der Waals surface area (Å²) in [4.78, 5) is 28.0. The third-order valence-corrected chi connectivity index (χ3v) is 6.52. The Morgan fingerprint density at radius 3 is 2.34 bits per heavy atom. The molecule has 148 valence electrons. The van der Waals surface area contributed by atoms with Gasteiger partial charge in [-0.25, -0.2) is 9.18 Å². The van der Waals surface area contributed by atoms with Crippen LogP contribution in [0, 0.1) is 19.7 Å². The van der Waals surface area contributed by atoms with Gasteiger partial charge in [-0.1, -0.05) is 48.5 Å². The van der Waals surface area contributed by atoms with E-state index in [-0.39, 0.29) is 24.5 Å². The Labute approximate surface area is 171 Å². The Morgan fingerprint density at radius 2 is 1.62 bits per heavy atom. The number of aromatic nitrogens is 2. The summed E-state index contributed by atoms with van der Waals surface area (Å²) in [5.41, 5.74) is 1.69. The molecule has 29 heavy (non-hydrogen) atoms. The highest BCUT2D eigenvalue weighted by atomic mass is 32.1. The maximum Gasteiger partial charge on any atom is 0.332 e. The van der Waals surface area contributed by atoms with Crippen LogP contribution < -0.4 is 11.2 Å². The van der Waals surface area contributed by atoms with Gasteiger partial charge in [-0.15, -0.1) is 11.3 Å². The molecule has 0 aliphatic rings. The second kappa shape index (κ2) is 7.79. The van der Waals surface area contributed by atoms with Crippen LogP contribution in [0.3, 0.4) is 0 Å². The smallest absolute Gasteiger partial charge is 0.280 e. The fourth-order valence-corrected chi connectivity index (χ4v) is 4.67. The van der Waals surface area contributed by atoms with Gasteiger partial charge in [0, 0.05) is 17.0 Å². The zero-order valence-corrected chi connectivity index (χ0v) is 17.1. The van der Waals surface area contributed by atoms with Crippen LogP contribution in [0.5, 0.6) is 0 Å². The van der Waals surface area contributed by atoms with E-state index in [0.717, 1.165) is 16.0 Å². The van der Waals surface area contributed by atoms with Crippen molar-refractivity contribution in [2.24, 2.45) is 0 Å². The van der Waals surface area contributed by atoms with Crippen molar-refractivity contribution < 1.29 is 4.39 Å². The molecule has 0 radical (unpaired) electrons. The molecule has 4 nitrogen and oxygen atoms in total. The van der Waals surface area contributed by atoms with Crippen LogP contribution >= 0.6 is 11.3 Å². The van der Waals surface area contributed by atoms with Crippen molar-refractivity contribution in [3.8, 4) is 0 Å². The highest BCUT2D eigenvalue weighted by molar-refractivity contribution is 7.18. The van der Waals surface area contributed by atoms with Gasteiger partial charge in [-0.3, -0.25) is 13.9 Å². The zero-order valence-electron chi connectivity index (χ0n) is 16.3. The summed E-state index contributed by atoms with van der Waals surface area (Å²) in [5.74, 6) is -0.361. The highest BCUT2D eigenvalue weighted by Gasteiger charge is 2.19. The second-order valence-corrected chi connectivity index (χ2v) is 8.32. The fraction of sp³-hybridized carbons (Fsp3) is 0.217. The van der Waals surface area contributed by atoms with Crippen molar-refractivity contribution >= 4 is 21.6 Å². The number of halogens is 1. The SMILES string of the molecule is Cc1sc2c(c1C)c(=O)n(CCc1ccccc1)c(=O)n2Cc1ccccc1F. The third-order valence-electron chi connectivity index (χ3n) is 5.29. The third kappa shape index (κ3) is 3.56. The summed E-state index contributed by atoms with van der Waals surface area (Å²) < 4.78 is 17.1. The number of nitrogens with zero attached hydrogens (tertiary/aromatic N) is 2. The van der Waals surface area contributed by atoms with Gasteiger partial charge in [0.2, 0.25) is 0 Å². The molecule has 2 aromatic heterocycles. The Bertz CT molecular complexity index is 1300. The number of aryl methyl sites for hydroxylation is 3. The quantitative estimate of drug-likeness (QED) is 0.495. The van der Waals surface area contributed by atoms with Gasteiger partial charge in [0.05, 0.1) is 11.9 Å². The minimum absolute atomic E-state index is 0.0903. The Kier molecular flexibility index (Phi) is 5.20. The van der Waals surface area contributed by atoms with Gasteiger partial charge in [-0.05, 0) is 37.5 Å². The van der Waals surface area contributed by atoms with Crippen molar-refractivity contribution in [3.63, 3.8) is 0 Å². The van der Waals surface area contributed by atoms with Crippen LogP contribution in [0.25, 0.3) is 10.2 Å². The first kappa shape index (κ1) is 19.3. The summed E-state index contributed by atoms with van der Waals surface area (Å²) in [5, 5.41) is 0.552. The lowest BCUT2D eigenvalue weighted by molar-refractivity contribution is 0.569. The minimum Gasteiger partial charge on any atom is -0.280 e. The van der Waals surface area contributed by atoms with E-state index in [4.69, 9.17) is 0 Å². The Balaban J connectivity index is 1.87. The normalized spacial score (nSPS) is 11.3. The molecule has 0 atom stereocenters. The molecule has 0 N–H and O–H groups in total. The van der Waals surface area contributed by atoms with Crippen molar-refractivity contribution in [3.05, 3.63) is 103 Å². The molecule has 2 heterocycles. The second-order valence-electron chi connectivity index (χ2n) is 7.12. The molecule has 0 amide bonds. The minimum atomic E-state index is -0.400. The molecule has 0 unspecified atom stereocenters. The first-order valence-electron chi connectivity index (χ1n) is 9.48. The van der Waals surface area contributed by atoms with Gasteiger partial charge in [0.25, 0.3) is 5.56 Å². The molecule has 4 rings (SSSR count). The average Bonchev–Trinajstić information content (AvgIpc) is 3.02. The summed E-state index contributed by atoms with van der Waals surface area (Å²) in [6.45, 7) is 4.21. The maximum atomic E-state index is 14.3. The molecule has 0 fully saturated rings. The number of hydrogen-bond acceptors (Lipinski definition) is 3. The van der Waals surface area contributed by atoms with Crippen molar-refractivity contribution in [2.75, 3.05) is 0 Å². The standard InChI is InChI=1S/C23H21FN2O2S/c1-15-16(2)29-22-20(15)21(27)25(13-12-17-8-4-3-5-9-17)23(28)26(22)14-18-10-6-7-11-19(18)24/h3-11H,12-14H2,1-2H3. The Morgan fingerprint density at radius 1 is 0.931 bits per heavy atom. The van der Waals surface area contributed by atoms with Crippen molar-refractivity contribution in [2.45, 2.75) is 33.4 Å². The Hall–Kier alpha value is -2.99. The van der Waals surface area contributed by atoms with Gasteiger partial charge in [0.15, 0.2) is 0 Å². The van der Waals surface area contributed by atoms with Crippen LogP contribution in [0.1, 0.15) is 21.6 Å². The average molecular weight is 408 g/mol. The largest absolute Gasteiger partial charge is 0.332 e. The molecule has 0 bridgehead atoms. The lowest BCUT2D eigenvalue weighted by Gasteiger charge is -2.13. The lowest BCUT2D eigenvalue weighted by Crippen LogP contribution is -2.40. The zero-order chi connectivity index (χ0) is 20.5. The van der Waals surface area contributed by atoms with Gasteiger partial charge in [0.1, 0.15) is 10.6 Å². The van der Waals surface area contributed by atoms with Gasteiger partial charge >= 0.3 is 5.69 Å².